The molecule has 1 aliphatic heterocycles. The van der Waals surface area contributed by atoms with Crippen molar-refractivity contribution in [2.45, 2.75) is 6.61 Å². The number of benzene rings is 1. The number of aliphatic hydroxyl groups is 1. The standard InChI is InChI=1S/C11H14FNOS/c12-10-3-1-2-9(8-14)11(10)13-4-6-15-7-5-13/h1-3,14H,4-8H2. The Morgan fingerprint density at radius 3 is 2.73 bits per heavy atom. The SMILES string of the molecule is OCc1cccc(F)c1N1CCSCC1. The molecule has 1 heterocycles. The third-order valence-electron chi connectivity index (χ3n) is 2.57. The van der Waals surface area contributed by atoms with Gasteiger partial charge in [0.05, 0.1) is 12.3 Å². The molecule has 0 bridgehead atoms. The summed E-state index contributed by atoms with van der Waals surface area (Å²) in [6, 6.07) is 4.87. The second kappa shape index (κ2) is 4.86. The molecular formula is C11H14FNOS. The van der Waals surface area contributed by atoms with Crippen molar-refractivity contribution in [3.63, 3.8) is 0 Å². The molecule has 82 valence electrons. The van der Waals surface area contributed by atoms with Gasteiger partial charge in [-0.25, -0.2) is 4.39 Å². The van der Waals surface area contributed by atoms with Crippen molar-refractivity contribution in [2.75, 3.05) is 29.5 Å². The zero-order valence-corrected chi connectivity index (χ0v) is 9.26. The van der Waals surface area contributed by atoms with E-state index in [1.807, 2.05) is 16.7 Å². The van der Waals surface area contributed by atoms with Crippen LogP contribution in [0.3, 0.4) is 0 Å². The van der Waals surface area contributed by atoms with Crippen LogP contribution in [-0.2, 0) is 6.61 Å². The number of halogens is 1. The first-order valence-electron chi connectivity index (χ1n) is 5.04. The second-order valence-corrected chi connectivity index (χ2v) is 4.73. The molecule has 2 rings (SSSR count). The van der Waals surface area contributed by atoms with Gasteiger partial charge < -0.3 is 10.0 Å². The molecule has 1 aliphatic rings. The third kappa shape index (κ3) is 2.26. The summed E-state index contributed by atoms with van der Waals surface area (Å²) < 4.78 is 13.7. The van der Waals surface area contributed by atoms with Crippen LogP contribution in [0.25, 0.3) is 0 Å². The normalized spacial score (nSPS) is 16.8. The zero-order chi connectivity index (χ0) is 10.7. The van der Waals surface area contributed by atoms with Crippen molar-refractivity contribution in [1.29, 1.82) is 0 Å². The van der Waals surface area contributed by atoms with Crippen LogP contribution >= 0.6 is 11.8 Å². The topological polar surface area (TPSA) is 23.5 Å². The predicted octanol–water partition coefficient (Wildman–Crippen LogP) is 1.87. The Labute approximate surface area is 93.1 Å². The van der Waals surface area contributed by atoms with Crippen molar-refractivity contribution >= 4 is 17.4 Å². The van der Waals surface area contributed by atoms with Crippen LogP contribution in [0.5, 0.6) is 0 Å². The molecule has 1 fully saturated rings. The van der Waals surface area contributed by atoms with Crippen molar-refractivity contribution in [3.05, 3.63) is 29.6 Å². The van der Waals surface area contributed by atoms with Crippen LogP contribution in [0.1, 0.15) is 5.56 Å². The quantitative estimate of drug-likeness (QED) is 0.834. The van der Waals surface area contributed by atoms with Gasteiger partial charge in [0.25, 0.3) is 0 Å². The van der Waals surface area contributed by atoms with E-state index in [4.69, 9.17) is 0 Å². The number of anilines is 1. The van der Waals surface area contributed by atoms with Gasteiger partial charge in [-0.3, -0.25) is 0 Å². The molecule has 2 nitrogen and oxygen atoms in total. The molecule has 1 aromatic rings. The second-order valence-electron chi connectivity index (χ2n) is 3.51. The van der Waals surface area contributed by atoms with Crippen molar-refractivity contribution < 1.29 is 9.50 Å². The minimum absolute atomic E-state index is 0.100. The number of hydrogen-bond donors (Lipinski definition) is 1. The van der Waals surface area contributed by atoms with Crippen LogP contribution < -0.4 is 4.90 Å². The average molecular weight is 227 g/mol. The highest BCUT2D eigenvalue weighted by Crippen LogP contribution is 2.26. The van der Waals surface area contributed by atoms with Crippen molar-refractivity contribution in [1.82, 2.24) is 0 Å². The van der Waals surface area contributed by atoms with Crippen LogP contribution in [0.4, 0.5) is 10.1 Å². The summed E-state index contributed by atoms with van der Waals surface area (Å²) in [6.07, 6.45) is 0. The Morgan fingerprint density at radius 1 is 1.33 bits per heavy atom. The highest BCUT2D eigenvalue weighted by Gasteiger charge is 2.17. The molecule has 0 atom stereocenters. The number of thioether (sulfide) groups is 1. The van der Waals surface area contributed by atoms with E-state index in [1.54, 1.807) is 12.1 Å². The molecule has 15 heavy (non-hydrogen) atoms. The van der Waals surface area contributed by atoms with Gasteiger partial charge in [-0.15, -0.1) is 0 Å². The Hall–Kier alpha value is -0.740. The monoisotopic (exact) mass is 227 g/mol. The largest absolute Gasteiger partial charge is 0.392 e. The number of rotatable bonds is 2. The Morgan fingerprint density at radius 2 is 2.07 bits per heavy atom. The molecular weight excluding hydrogens is 213 g/mol. The Bertz CT molecular complexity index is 339. The minimum atomic E-state index is -0.228. The van der Waals surface area contributed by atoms with Gasteiger partial charge in [0, 0.05) is 30.2 Å². The van der Waals surface area contributed by atoms with E-state index >= 15 is 0 Å². The zero-order valence-electron chi connectivity index (χ0n) is 8.45. The van der Waals surface area contributed by atoms with Gasteiger partial charge in [-0.2, -0.15) is 11.8 Å². The molecule has 1 aromatic carbocycles. The van der Waals surface area contributed by atoms with E-state index in [1.165, 1.54) is 6.07 Å². The molecule has 0 saturated carbocycles. The number of nitrogens with zero attached hydrogens (tertiary/aromatic N) is 1. The summed E-state index contributed by atoms with van der Waals surface area (Å²) in [6.45, 7) is 1.62. The molecule has 1 saturated heterocycles. The summed E-state index contributed by atoms with van der Waals surface area (Å²) in [5.41, 5.74) is 1.27. The van der Waals surface area contributed by atoms with E-state index in [-0.39, 0.29) is 12.4 Å². The predicted molar refractivity (Wildman–Crippen MR) is 61.9 cm³/mol. The highest BCUT2D eigenvalue weighted by atomic mass is 32.2. The molecule has 0 aromatic heterocycles. The van der Waals surface area contributed by atoms with Crippen LogP contribution in [0, 0.1) is 5.82 Å². The van der Waals surface area contributed by atoms with Crippen LogP contribution in [0.2, 0.25) is 0 Å². The molecule has 1 N–H and O–H groups in total. The summed E-state index contributed by atoms with van der Waals surface area (Å²) in [5, 5.41) is 9.17. The fourth-order valence-electron chi connectivity index (χ4n) is 1.83. The fourth-order valence-corrected chi connectivity index (χ4v) is 2.73. The fraction of sp³-hybridized carbons (Fsp3) is 0.455. The number of aliphatic hydroxyl groups excluding tert-OH is 1. The smallest absolute Gasteiger partial charge is 0.146 e. The van der Waals surface area contributed by atoms with Crippen molar-refractivity contribution in [2.24, 2.45) is 0 Å². The lowest BCUT2D eigenvalue weighted by Crippen LogP contribution is -2.33. The van der Waals surface area contributed by atoms with Gasteiger partial charge in [-0.1, -0.05) is 12.1 Å². The molecule has 0 aliphatic carbocycles. The van der Waals surface area contributed by atoms with E-state index in [9.17, 15) is 9.50 Å². The maximum absolute atomic E-state index is 13.7. The van der Waals surface area contributed by atoms with Gasteiger partial charge >= 0.3 is 0 Å². The van der Waals surface area contributed by atoms with E-state index in [0.29, 0.717) is 11.3 Å². The first kappa shape index (κ1) is 10.8. The highest BCUT2D eigenvalue weighted by molar-refractivity contribution is 7.99. The van der Waals surface area contributed by atoms with Crippen LogP contribution in [-0.4, -0.2) is 29.7 Å². The average Bonchev–Trinajstić information content (AvgIpc) is 2.29. The lowest BCUT2D eigenvalue weighted by atomic mass is 10.1. The molecule has 0 unspecified atom stereocenters. The Kier molecular flexibility index (Phi) is 3.49. The lowest BCUT2D eigenvalue weighted by molar-refractivity contribution is 0.281. The molecule has 0 radical (unpaired) electrons. The molecule has 0 spiro atoms. The first-order valence-corrected chi connectivity index (χ1v) is 6.19. The summed E-state index contributed by atoms with van der Waals surface area (Å²) >= 11 is 1.89. The van der Waals surface area contributed by atoms with E-state index in [2.05, 4.69) is 0 Å². The lowest BCUT2D eigenvalue weighted by Gasteiger charge is -2.30. The Balaban J connectivity index is 2.31. The first-order chi connectivity index (χ1) is 7.33. The number of hydrogen-bond acceptors (Lipinski definition) is 3. The van der Waals surface area contributed by atoms with Crippen molar-refractivity contribution in [3.8, 4) is 0 Å². The summed E-state index contributed by atoms with van der Waals surface area (Å²) in [4.78, 5) is 2.03. The van der Waals surface area contributed by atoms with Crippen LogP contribution in [0.15, 0.2) is 18.2 Å². The summed E-state index contributed by atoms with van der Waals surface area (Å²) in [5.74, 6) is 1.83. The third-order valence-corrected chi connectivity index (χ3v) is 3.51. The van der Waals surface area contributed by atoms with E-state index in [0.717, 1.165) is 24.6 Å². The molecule has 0 amide bonds. The van der Waals surface area contributed by atoms with Gasteiger partial charge in [0.2, 0.25) is 0 Å². The minimum Gasteiger partial charge on any atom is -0.392 e. The number of para-hydroxylation sites is 1. The van der Waals surface area contributed by atoms with E-state index < -0.39 is 0 Å². The van der Waals surface area contributed by atoms with Gasteiger partial charge in [-0.05, 0) is 6.07 Å². The maximum Gasteiger partial charge on any atom is 0.146 e. The summed E-state index contributed by atoms with van der Waals surface area (Å²) in [7, 11) is 0. The van der Waals surface area contributed by atoms with Gasteiger partial charge in [0.15, 0.2) is 0 Å². The van der Waals surface area contributed by atoms with Gasteiger partial charge in [0.1, 0.15) is 5.82 Å². The molecule has 4 heteroatoms. The maximum atomic E-state index is 13.7.